The second-order valence-corrected chi connectivity index (χ2v) is 7.14. The Morgan fingerprint density at radius 1 is 1.16 bits per heavy atom. The first-order chi connectivity index (χ1) is 9.34. The number of carbonyl (C=O) groups is 1. The van der Waals surface area contributed by atoms with E-state index < -0.39 is 0 Å². The van der Waals surface area contributed by atoms with Gasteiger partial charge in [-0.25, -0.2) is 0 Å². The molecule has 19 heavy (non-hydrogen) atoms. The molecule has 0 radical (unpaired) electrons. The first kappa shape index (κ1) is 13.7. The minimum Gasteiger partial charge on any atom is -0.324 e. The van der Waals surface area contributed by atoms with Gasteiger partial charge in [0.1, 0.15) is 0 Å². The number of amides is 1. The largest absolute Gasteiger partial charge is 0.324 e. The predicted octanol–water partition coefficient (Wildman–Crippen LogP) is 0.983. The molecule has 0 aromatic heterocycles. The molecular weight excluding hydrogens is 258 g/mol. The summed E-state index contributed by atoms with van der Waals surface area (Å²) in [5, 5.41) is 3.44. The van der Waals surface area contributed by atoms with Gasteiger partial charge in [0.2, 0.25) is 5.91 Å². The van der Waals surface area contributed by atoms with E-state index in [0.29, 0.717) is 24.5 Å². The van der Waals surface area contributed by atoms with E-state index in [4.69, 9.17) is 0 Å². The van der Waals surface area contributed by atoms with Crippen LogP contribution in [0.3, 0.4) is 0 Å². The van der Waals surface area contributed by atoms with E-state index in [-0.39, 0.29) is 0 Å². The van der Waals surface area contributed by atoms with Crippen LogP contribution >= 0.6 is 11.8 Å². The second kappa shape index (κ2) is 6.46. The van der Waals surface area contributed by atoms with Crippen LogP contribution in [0.25, 0.3) is 0 Å². The summed E-state index contributed by atoms with van der Waals surface area (Å²) in [6, 6.07) is 0. The quantitative estimate of drug-likeness (QED) is 0.834. The maximum atomic E-state index is 12.1. The topological polar surface area (TPSA) is 35.6 Å². The number of hydrogen-bond acceptors (Lipinski definition) is 4. The maximum absolute atomic E-state index is 12.1. The number of carbonyl (C=O) groups excluding carboxylic acids is 1. The zero-order valence-electron chi connectivity index (χ0n) is 11.6. The fraction of sp³-hybridized carbons (Fsp3) is 0.929. The Hall–Kier alpha value is -0.260. The van der Waals surface area contributed by atoms with Crippen molar-refractivity contribution in [1.29, 1.82) is 0 Å². The molecule has 1 atom stereocenters. The molecule has 1 aliphatic carbocycles. The smallest absolute Gasteiger partial charge is 0.237 e. The average Bonchev–Trinajstić information content (AvgIpc) is 3.07. The third-order valence-electron chi connectivity index (χ3n) is 4.73. The monoisotopic (exact) mass is 283 g/mol. The van der Waals surface area contributed by atoms with Gasteiger partial charge in [0.05, 0.1) is 12.7 Å². The minimum atomic E-state index is 0.309. The molecule has 1 saturated carbocycles. The third-order valence-corrected chi connectivity index (χ3v) is 5.67. The van der Waals surface area contributed by atoms with Gasteiger partial charge in [-0.15, -0.1) is 0 Å². The first-order valence-electron chi connectivity index (χ1n) is 7.67. The van der Waals surface area contributed by atoms with Crippen molar-refractivity contribution in [2.75, 3.05) is 44.2 Å². The van der Waals surface area contributed by atoms with E-state index in [9.17, 15) is 4.79 Å². The van der Waals surface area contributed by atoms with Crippen molar-refractivity contribution in [2.24, 2.45) is 5.92 Å². The Bertz CT molecular complexity index is 314. The lowest BCUT2D eigenvalue weighted by Crippen LogP contribution is -2.46. The summed E-state index contributed by atoms with van der Waals surface area (Å²) >= 11 is 2.04. The number of nitrogens with zero attached hydrogens (tertiary/aromatic N) is 2. The molecule has 4 nitrogen and oxygen atoms in total. The third kappa shape index (κ3) is 3.26. The summed E-state index contributed by atoms with van der Waals surface area (Å²) in [5.74, 6) is 3.50. The van der Waals surface area contributed by atoms with Crippen molar-refractivity contribution in [3.05, 3.63) is 0 Å². The SMILES string of the molecule is O=C1CNC(C2CCCC2)N1CCN1CCSCC1. The first-order valence-corrected chi connectivity index (χ1v) is 8.83. The zero-order chi connectivity index (χ0) is 13.1. The Morgan fingerprint density at radius 3 is 2.63 bits per heavy atom. The van der Waals surface area contributed by atoms with Gasteiger partial charge < -0.3 is 4.90 Å². The lowest BCUT2D eigenvalue weighted by atomic mass is 10.0. The second-order valence-electron chi connectivity index (χ2n) is 5.91. The lowest BCUT2D eigenvalue weighted by Gasteiger charge is -2.32. The van der Waals surface area contributed by atoms with Crippen molar-refractivity contribution in [1.82, 2.24) is 15.1 Å². The van der Waals surface area contributed by atoms with Crippen LogP contribution in [0.2, 0.25) is 0 Å². The van der Waals surface area contributed by atoms with Crippen molar-refractivity contribution < 1.29 is 4.79 Å². The van der Waals surface area contributed by atoms with E-state index in [1.54, 1.807) is 0 Å². The van der Waals surface area contributed by atoms with Crippen LogP contribution in [0.1, 0.15) is 25.7 Å². The Kier molecular flexibility index (Phi) is 4.66. The molecule has 2 saturated heterocycles. The van der Waals surface area contributed by atoms with E-state index in [1.807, 2.05) is 11.8 Å². The maximum Gasteiger partial charge on any atom is 0.237 e. The van der Waals surface area contributed by atoms with Gasteiger partial charge in [-0.2, -0.15) is 11.8 Å². The van der Waals surface area contributed by atoms with Crippen LogP contribution in [0.4, 0.5) is 0 Å². The molecule has 3 rings (SSSR count). The lowest BCUT2D eigenvalue weighted by molar-refractivity contribution is -0.128. The number of hydrogen-bond donors (Lipinski definition) is 1. The number of rotatable bonds is 4. The van der Waals surface area contributed by atoms with E-state index in [0.717, 1.165) is 13.1 Å². The van der Waals surface area contributed by atoms with Gasteiger partial charge in [0, 0.05) is 37.7 Å². The van der Waals surface area contributed by atoms with Gasteiger partial charge >= 0.3 is 0 Å². The molecule has 1 N–H and O–H groups in total. The summed E-state index contributed by atoms with van der Waals surface area (Å²) in [7, 11) is 0. The molecule has 0 aromatic rings. The normalized spacial score (nSPS) is 30.4. The molecule has 0 bridgehead atoms. The van der Waals surface area contributed by atoms with Crippen LogP contribution in [0, 0.1) is 5.92 Å². The summed E-state index contributed by atoms with van der Waals surface area (Å²) in [6.07, 6.45) is 5.60. The Balaban J connectivity index is 1.52. The van der Waals surface area contributed by atoms with E-state index in [1.165, 1.54) is 50.3 Å². The van der Waals surface area contributed by atoms with Crippen LogP contribution in [-0.2, 0) is 4.79 Å². The summed E-state index contributed by atoms with van der Waals surface area (Å²) < 4.78 is 0. The molecule has 5 heteroatoms. The number of nitrogens with one attached hydrogen (secondary N) is 1. The van der Waals surface area contributed by atoms with E-state index in [2.05, 4.69) is 15.1 Å². The van der Waals surface area contributed by atoms with Gasteiger partial charge in [-0.1, -0.05) is 12.8 Å². The molecule has 1 amide bonds. The van der Waals surface area contributed by atoms with E-state index >= 15 is 0 Å². The Labute approximate surface area is 120 Å². The van der Waals surface area contributed by atoms with Gasteiger partial charge in [-0.05, 0) is 18.8 Å². The number of thioether (sulfide) groups is 1. The molecule has 108 valence electrons. The molecule has 0 spiro atoms. The van der Waals surface area contributed by atoms with Crippen molar-refractivity contribution in [3.63, 3.8) is 0 Å². The fourth-order valence-corrected chi connectivity index (χ4v) is 4.57. The molecule has 1 unspecified atom stereocenters. The van der Waals surface area contributed by atoms with Crippen LogP contribution in [-0.4, -0.2) is 66.1 Å². The predicted molar refractivity (Wildman–Crippen MR) is 79.2 cm³/mol. The summed E-state index contributed by atoms with van der Waals surface area (Å²) in [6.45, 7) is 4.90. The van der Waals surface area contributed by atoms with Crippen molar-refractivity contribution in [2.45, 2.75) is 31.8 Å². The summed E-state index contributed by atoms with van der Waals surface area (Å²) in [5.41, 5.74) is 0. The standard InChI is InChI=1S/C14H25N3OS/c18-13-11-15-14(12-3-1-2-4-12)17(13)6-5-16-7-9-19-10-8-16/h12,14-15H,1-11H2. The summed E-state index contributed by atoms with van der Waals surface area (Å²) in [4.78, 5) is 16.7. The van der Waals surface area contributed by atoms with Crippen molar-refractivity contribution >= 4 is 17.7 Å². The Morgan fingerprint density at radius 2 is 1.89 bits per heavy atom. The fourth-order valence-electron chi connectivity index (χ4n) is 3.59. The zero-order valence-corrected chi connectivity index (χ0v) is 12.5. The van der Waals surface area contributed by atoms with Crippen LogP contribution in [0.15, 0.2) is 0 Å². The van der Waals surface area contributed by atoms with Crippen molar-refractivity contribution in [3.8, 4) is 0 Å². The highest BCUT2D eigenvalue weighted by atomic mass is 32.2. The molecule has 2 aliphatic heterocycles. The van der Waals surface area contributed by atoms with Gasteiger partial charge in [-0.3, -0.25) is 15.0 Å². The highest BCUT2D eigenvalue weighted by Gasteiger charge is 2.37. The van der Waals surface area contributed by atoms with Gasteiger partial charge in [0.15, 0.2) is 0 Å². The average molecular weight is 283 g/mol. The highest BCUT2D eigenvalue weighted by Crippen LogP contribution is 2.30. The molecule has 3 aliphatic rings. The highest BCUT2D eigenvalue weighted by molar-refractivity contribution is 7.99. The molecule has 3 fully saturated rings. The van der Waals surface area contributed by atoms with Gasteiger partial charge in [0.25, 0.3) is 0 Å². The van der Waals surface area contributed by atoms with Crippen LogP contribution in [0.5, 0.6) is 0 Å². The molecular formula is C14H25N3OS. The molecule has 0 aromatic carbocycles. The minimum absolute atomic E-state index is 0.309. The molecule has 2 heterocycles. The van der Waals surface area contributed by atoms with Crippen LogP contribution < -0.4 is 5.32 Å².